The molecule has 0 spiro atoms. The lowest BCUT2D eigenvalue weighted by Crippen LogP contribution is -2.30. The highest BCUT2D eigenvalue weighted by Crippen LogP contribution is 2.24. The van der Waals surface area contributed by atoms with E-state index in [9.17, 15) is 23.9 Å². The predicted octanol–water partition coefficient (Wildman–Crippen LogP) is 0.483. The Labute approximate surface area is 151 Å². The summed E-state index contributed by atoms with van der Waals surface area (Å²) in [5.41, 5.74) is -0.586. The summed E-state index contributed by atoms with van der Waals surface area (Å²) in [7, 11) is 1.41. The topological polar surface area (TPSA) is 113 Å². The van der Waals surface area contributed by atoms with Crippen molar-refractivity contribution < 1.29 is 19.1 Å². The summed E-state index contributed by atoms with van der Waals surface area (Å²) in [6, 6.07) is 3.61. The monoisotopic (exact) mass is 378 g/mol. The van der Waals surface area contributed by atoms with Crippen LogP contribution in [-0.4, -0.2) is 39.3 Å². The SMILES string of the molecule is CNC(=O)c1cc(F)ccc1CNC(=O)c1nc2n(c(=O)c1O)CCS2. The minimum absolute atomic E-state index is 0.0783. The fraction of sp³-hybridized carbons (Fsp3) is 0.250. The first kappa shape index (κ1) is 17.9. The van der Waals surface area contributed by atoms with Gasteiger partial charge in [0.1, 0.15) is 5.82 Å². The fourth-order valence-corrected chi connectivity index (χ4v) is 3.47. The highest BCUT2D eigenvalue weighted by molar-refractivity contribution is 7.99. The Kier molecular flexibility index (Phi) is 4.94. The van der Waals surface area contributed by atoms with Gasteiger partial charge < -0.3 is 15.7 Å². The standard InChI is InChI=1S/C16H15FN4O4S/c1-18-13(23)10-6-9(17)3-2-8(10)7-19-14(24)11-12(22)15(25)21-4-5-26-16(21)20-11/h2-3,6,22H,4-5,7H2,1H3,(H,18,23)(H,19,24). The molecule has 0 fully saturated rings. The Hall–Kier alpha value is -2.88. The summed E-state index contributed by atoms with van der Waals surface area (Å²) < 4.78 is 14.7. The molecule has 0 unspecified atom stereocenters. The highest BCUT2D eigenvalue weighted by Gasteiger charge is 2.24. The number of aromatic nitrogens is 2. The second-order valence-electron chi connectivity index (χ2n) is 5.46. The van der Waals surface area contributed by atoms with E-state index >= 15 is 0 Å². The molecule has 2 heterocycles. The van der Waals surface area contributed by atoms with Gasteiger partial charge in [-0.25, -0.2) is 9.37 Å². The van der Waals surface area contributed by atoms with Crippen LogP contribution in [0.5, 0.6) is 5.75 Å². The van der Waals surface area contributed by atoms with Crippen LogP contribution in [0.3, 0.4) is 0 Å². The minimum atomic E-state index is -0.761. The summed E-state index contributed by atoms with van der Waals surface area (Å²) in [5.74, 6) is -1.93. The van der Waals surface area contributed by atoms with E-state index in [0.29, 0.717) is 23.0 Å². The third-order valence-electron chi connectivity index (χ3n) is 3.85. The second-order valence-corrected chi connectivity index (χ2v) is 6.52. The zero-order chi connectivity index (χ0) is 18.8. The molecule has 26 heavy (non-hydrogen) atoms. The first-order valence-corrected chi connectivity index (χ1v) is 8.66. The number of thioether (sulfide) groups is 1. The van der Waals surface area contributed by atoms with E-state index in [1.807, 2.05) is 0 Å². The number of carbonyl (C=O) groups excluding carboxylic acids is 2. The van der Waals surface area contributed by atoms with Gasteiger partial charge in [-0.2, -0.15) is 0 Å². The molecule has 0 aliphatic carbocycles. The second kappa shape index (κ2) is 7.16. The summed E-state index contributed by atoms with van der Waals surface area (Å²) in [4.78, 5) is 40.3. The Bertz CT molecular complexity index is 960. The molecule has 1 aromatic heterocycles. The highest BCUT2D eigenvalue weighted by atomic mass is 32.2. The molecule has 3 rings (SSSR count). The molecule has 0 saturated carbocycles. The number of amides is 2. The van der Waals surface area contributed by atoms with Crippen molar-refractivity contribution in [1.82, 2.24) is 20.2 Å². The molecule has 2 aromatic rings. The van der Waals surface area contributed by atoms with Crippen LogP contribution in [0.1, 0.15) is 26.4 Å². The number of benzene rings is 1. The van der Waals surface area contributed by atoms with Crippen molar-refractivity contribution in [3.63, 3.8) is 0 Å². The number of carbonyl (C=O) groups is 2. The van der Waals surface area contributed by atoms with Gasteiger partial charge in [0.15, 0.2) is 10.9 Å². The molecule has 0 atom stereocenters. The third kappa shape index (κ3) is 3.27. The van der Waals surface area contributed by atoms with E-state index in [1.165, 1.54) is 35.5 Å². The van der Waals surface area contributed by atoms with Crippen LogP contribution >= 0.6 is 11.8 Å². The van der Waals surface area contributed by atoms with E-state index in [0.717, 1.165) is 6.07 Å². The Morgan fingerprint density at radius 2 is 2.15 bits per heavy atom. The van der Waals surface area contributed by atoms with E-state index in [-0.39, 0.29) is 17.8 Å². The van der Waals surface area contributed by atoms with Gasteiger partial charge in [-0.3, -0.25) is 19.0 Å². The summed E-state index contributed by atoms with van der Waals surface area (Å²) >= 11 is 1.31. The van der Waals surface area contributed by atoms with Gasteiger partial charge in [-0.15, -0.1) is 0 Å². The first-order chi connectivity index (χ1) is 12.4. The van der Waals surface area contributed by atoms with Gasteiger partial charge in [0.25, 0.3) is 17.4 Å². The maximum atomic E-state index is 13.4. The van der Waals surface area contributed by atoms with Crippen LogP contribution in [-0.2, 0) is 13.1 Å². The third-order valence-corrected chi connectivity index (χ3v) is 4.81. The minimum Gasteiger partial charge on any atom is -0.501 e. The lowest BCUT2D eigenvalue weighted by Gasteiger charge is -2.11. The Morgan fingerprint density at radius 3 is 2.88 bits per heavy atom. The van der Waals surface area contributed by atoms with Crippen molar-refractivity contribution in [3.05, 3.63) is 51.2 Å². The molecular formula is C16H15FN4O4S. The number of rotatable bonds is 4. The number of fused-ring (bicyclic) bond motifs is 1. The number of nitrogens with one attached hydrogen (secondary N) is 2. The van der Waals surface area contributed by atoms with Crippen molar-refractivity contribution in [2.24, 2.45) is 0 Å². The quantitative estimate of drug-likeness (QED) is 0.667. The molecule has 8 nitrogen and oxygen atoms in total. The maximum Gasteiger partial charge on any atom is 0.297 e. The molecular weight excluding hydrogens is 363 g/mol. The van der Waals surface area contributed by atoms with Crippen LogP contribution in [0.2, 0.25) is 0 Å². The van der Waals surface area contributed by atoms with Gasteiger partial charge in [0, 0.05) is 31.5 Å². The molecule has 1 aromatic carbocycles. The van der Waals surface area contributed by atoms with E-state index in [2.05, 4.69) is 15.6 Å². The molecule has 0 radical (unpaired) electrons. The van der Waals surface area contributed by atoms with Crippen LogP contribution in [0.4, 0.5) is 4.39 Å². The summed E-state index contributed by atoms with van der Waals surface area (Å²) in [5, 5.41) is 15.2. The van der Waals surface area contributed by atoms with Crippen LogP contribution in [0.25, 0.3) is 0 Å². The van der Waals surface area contributed by atoms with Gasteiger partial charge >= 0.3 is 0 Å². The number of nitrogens with zero attached hydrogens (tertiary/aromatic N) is 2. The zero-order valence-electron chi connectivity index (χ0n) is 13.7. The van der Waals surface area contributed by atoms with Crippen LogP contribution in [0.15, 0.2) is 28.2 Å². The average molecular weight is 378 g/mol. The Balaban J connectivity index is 1.84. The lowest BCUT2D eigenvalue weighted by atomic mass is 10.1. The van der Waals surface area contributed by atoms with Crippen molar-refractivity contribution in [1.29, 1.82) is 0 Å². The lowest BCUT2D eigenvalue weighted by molar-refractivity contribution is 0.0932. The molecule has 0 saturated heterocycles. The first-order valence-electron chi connectivity index (χ1n) is 7.67. The zero-order valence-corrected chi connectivity index (χ0v) is 14.5. The normalized spacial score (nSPS) is 12.5. The van der Waals surface area contributed by atoms with Gasteiger partial charge in [0.05, 0.1) is 0 Å². The molecule has 3 N–H and O–H groups in total. The van der Waals surface area contributed by atoms with E-state index in [4.69, 9.17) is 0 Å². The molecule has 0 bridgehead atoms. The van der Waals surface area contributed by atoms with Crippen molar-refractivity contribution in [3.8, 4) is 5.75 Å². The van der Waals surface area contributed by atoms with Crippen LogP contribution in [0, 0.1) is 5.82 Å². The van der Waals surface area contributed by atoms with Gasteiger partial charge in [-0.1, -0.05) is 17.8 Å². The van der Waals surface area contributed by atoms with Crippen molar-refractivity contribution >= 4 is 23.6 Å². The van der Waals surface area contributed by atoms with E-state index in [1.54, 1.807) is 0 Å². The Morgan fingerprint density at radius 1 is 1.38 bits per heavy atom. The molecule has 10 heteroatoms. The molecule has 136 valence electrons. The predicted molar refractivity (Wildman–Crippen MR) is 91.8 cm³/mol. The maximum absolute atomic E-state index is 13.4. The number of aromatic hydroxyl groups is 1. The summed E-state index contributed by atoms with van der Waals surface area (Å²) in [6.45, 7) is 0.320. The fourth-order valence-electron chi connectivity index (χ4n) is 2.53. The summed E-state index contributed by atoms with van der Waals surface area (Å²) in [6.07, 6.45) is 0. The smallest absolute Gasteiger partial charge is 0.297 e. The van der Waals surface area contributed by atoms with E-state index < -0.39 is 28.9 Å². The van der Waals surface area contributed by atoms with Gasteiger partial charge in [0.2, 0.25) is 5.75 Å². The van der Waals surface area contributed by atoms with Crippen LogP contribution < -0.4 is 16.2 Å². The number of hydrogen-bond donors (Lipinski definition) is 3. The largest absolute Gasteiger partial charge is 0.501 e. The molecule has 2 amide bonds. The number of halogens is 1. The average Bonchev–Trinajstić information content (AvgIpc) is 3.11. The molecule has 1 aliphatic heterocycles. The molecule has 1 aliphatic rings. The van der Waals surface area contributed by atoms with Gasteiger partial charge in [-0.05, 0) is 17.7 Å². The van der Waals surface area contributed by atoms with Crippen molar-refractivity contribution in [2.45, 2.75) is 18.2 Å². The number of hydrogen-bond acceptors (Lipinski definition) is 6. The van der Waals surface area contributed by atoms with Crippen molar-refractivity contribution in [2.75, 3.05) is 12.8 Å².